The number of fused-ring (bicyclic) bond motifs is 1. The lowest BCUT2D eigenvalue weighted by atomic mass is 10.1. The maximum absolute atomic E-state index is 10.6. The summed E-state index contributed by atoms with van der Waals surface area (Å²) in [6, 6.07) is 12.8. The molecule has 0 unspecified atom stereocenters. The Bertz CT molecular complexity index is 466. The molecule has 0 bridgehead atoms. The van der Waals surface area contributed by atoms with E-state index in [1.54, 1.807) is 12.1 Å². The third kappa shape index (κ3) is 1.95. The van der Waals surface area contributed by atoms with E-state index < -0.39 is 5.97 Å². The van der Waals surface area contributed by atoms with Crippen molar-refractivity contribution in [2.24, 2.45) is 0 Å². The van der Waals surface area contributed by atoms with Crippen LogP contribution in [0.15, 0.2) is 42.5 Å². The smallest absolute Gasteiger partial charge is 0.335 e. The molecule has 0 fully saturated rings. The van der Waals surface area contributed by atoms with Gasteiger partial charge in [-0.15, -0.1) is 0 Å². The molecule has 3 radical (unpaired) electrons. The van der Waals surface area contributed by atoms with Crippen molar-refractivity contribution >= 4 is 34.1 Å². The van der Waals surface area contributed by atoms with Gasteiger partial charge in [0.1, 0.15) is 0 Å². The van der Waals surface area contributed by atoms with Gasteiger partial charge in [0.25, 0.3) is 0 Å². The number of hydrogen-bond acceptors (Lipinski definition) is 1. The summed E-state index contributed by atoms with van der Waals surface area (Å²) < 4.78 is 0. The lowest BCUT2D eigenvalue weighted by Gasteiger charge is -1.98. The summed E-state index contributed by atoms with van der Waals surface area (Å²) in [5, 5.41) is 10.8. The molecule has 1 N–H and O–H groups in total. The molecule has 0 saturated carbocycles. The van der Waals surface area contributed by atoms with Crippen molar-refractivity contribution in [3.63, 3.8) is 0 Å². The van der Waals surface area contributed by atoms with Crippen molar-refractivity contribution in [1.82, 2.24) is 0 Å². The van der Waals surface area contributed by atoms with Crippen LogP contribution in [0, 0.1) is 0 Å². The SMILES string of the molecule is O=C(O)c1ccc2ccccc2c1.[Al]. The summed E-state index contributed by atoms with van der Waals surface area (Å²) in [5.41, 5.74) is 0.332. The zero-order chi connectivity index (χ0) is 9.26. The Morgan fingerprint density at radius 1 is 1.00 bits per heavy atom. The summed E-state index contributed by atoms with van der Waals surface area (Å²) >= 11 is 0. The molecule has 0 amide bonds. The van der Waals surface area contributed by atoms with Crippen LogP contribution in [0.5, 0.6) is 0 Å². The fourth-order valence-electron chi connectivity index (χ4n) is 1.32. The first-order valence-electron chi connectivity index (χ1n) is 3.99. The molecule has 2 aromatic carbocycles. The van der Waals surface area contributed by atoms with Gasteiger partial charge >= 0.3 is 5.97 Å². The van der Waals surface area contributed by atoms with Crippen LogP contribution in [0.25, 0.3) is 10.8 Å². The molecule has 2 aromatic rings. The molecule has 0 aliphatic heterocycles. The monoisotopic (exact) mass is 199 g/mol. The Morgan fingerprint density at radius 3 is 2.29 bits per heavy atom. The molecule has 2 rings (SSSR count). The Hall–Kier alpha value is -1.30. The average Bonchev–Trinajstić information content (AvgIpc) is 2.17. The maximum atomic E-state index is 10.6. The predicted molar refractivity (Wildman–Crippen MR) is 56.7 cm³/mol. The molecule has 0 atom stereocenters. The molecule has 0 aromatic heterocycles. The quantitative estimate of drug-likeness (QED) is 0.714. The van der Waals surface area contributed by atoms with E-state index in [0.717, 1.165) is 10.8 Å². The van der Waals surface area contributed by atoms with Crippen LogP contribution in [0.4, 0.5) is 0 Å². The first-order valence-corrected chi connectivity index (χ1v) is 3.99. The molecule has 0 aliphatic carbocycles. The number of hydrogen-bond donors (Lipinski definition) is 1. The molecule has 0 aliphatic rings. The lowest BCUT2D eigenvalue weighted by molar-refractivity contribution is 0.0697. The van der Waals surface area contributed by atoms with Crippen LogP contribution in [0.1, 0.15) is 10.4 Å². The first kappa shape index (κ1) is 10.8. The van der Waals surface area contributed by atoms with Crippen molar-refractivity contribution in [2.75, 3.05) is 0 Å². The van der Waals surface area contributed by atoms with Gasteiger partial charge in [-0.2, -0.15) is 0 Å². The first-order chi connectivity index (χ1) is 6.27. The van der Waals surface area contributed by atoms with Crippen LogP contribution < -0.4 is 0 Å². The van der Waals surface area contributed by atoms with Gasteiger partial charge in [-0.25, -0.2) is 4.79 Å². The summed E-state index contributed by atoms with van der Waals surface area (Å²) in [5.74, 6) is -0.884. The summed E-state index contributed by atoms with van der Waals surface area (Å²) in [6.07, 6.45) is 0. The molecule has 2 nitrogen and oxygen atoms in total. The van der Waals surface area contributed by atoms with Gasteiger partial charge in [0.2, 0.25) is 0 Å². The minimum atomic E-state index is -0.884. The minimum absolute atomic E-state index is 0. The highest BCUT2D eigenvalue weighted by Crippen LogP contribution is 2.15. The normalized spacial score (nSPS) is 9.43. The zero-order valence-electron chi connectivity index (χ0n) is 7.47. The van der Waals surface area contributed by atoms with Gasteiger partial charge in [0.05, 0.1) is 5.56 Å². The number of rotatable bonds is 1. The van der Waals surface area contributed by atoms with Crippen molar-refractivity contribution in [1.29, 1.82) is 0 Å². The van der Waals surface area contributed by atoms with E-state index >= 15 is 0 Å². The van der Waals surface area contributed by atoms with E-state index in [0.29, 0.717) is 5.56 Å². The molecule has 67 valence electrons. The van der Waals surface area contributed by atoms with Gasteiger partial charge in [0.15, 0.2) is 0 Å². The van der Waals surface area contributed by atoms with E-state index in [1.807, 2.05) is 30.3 Å². The van der Waals surface area contributed by atoms with E-state index in [4.69, 9.17) is 5.11 Å². The van der Waals surface area contributed by atoms with E-state index in [2.05, 4.69) is 0 Å². The number of benzene rings is 2. The largest absolute Gasteiger partial charge is 0.478 e. The van der Waals surface area contributed by atoms with Gasteiger partial charge < -0.3 is 5.11 Å². The standard InChI is InChI=1S/C11H8O2.Al/c12-11(13)10-6-5-8-3-1-2-4-9(8)7-10;/h1-7H,(H,12,13);. The highest BCUT2D eigenvalue weighted by molar-refractivity contribution is 5.94. The second-order valence-electron chi connectivity index (χ2n) is 2.87. The molecule has 0 heterocycles. The van der Waals surface area contributed by atoms with Crippen LogP contribution in [-0.4, -0.2) is 28.4 Å². The molecular weight excluding hydrogens is 191 g/mol. The molecular formula is C11H8AlO2. The number of carboxylic acids is 1. The summed E-state index contributed by atoms with van der Waals surface area (Å²) in [4.78, 5) is 10.6. The van der Waals surface area contributed by atoms with Crippen molar-refractivity contribution in [2.45, 2.75) is 0 Å². The molecule has 0 saturated heterocycles. The van der Waals surface area contributed by atoms with E-state index in [-0.39, 0.29) is 17.4 Å². The number of carbonyl (C=O) groups is 1. The van der Waals surface area contributed by atoms with E-state index in [9.17, 15) is 4.79 Å². The topological polar surface area (TPSA) is 37.3 Å². The average molecular weight is 199 g/mol. The Kier molecular flexibility index (Phi) is 3.29. The van der Waals surface area contributed by atoms with Crippen molar-refractivity contribution < 1.29 is 9.90 Å². The fraction of sp³-hybridized carbons (Fsp3) is 0. The third-order valence-electron chi connectivity index (χ3n) is 2.00. The zero-order valence-corrected chi connectivity index (χ0v) is 8.63. The minimum Gasteiger partial charge on any atom is -0.478 e. The predicted octanol–water partition coefficient (Wildman–Crippen LogP) is 2.16. The van der Waals surface area contributed by atoms with Gasteiger partial charge in [-0.3, -0.25) is 0 Å². The Labute approximate surface area is 92.3 Å². The number of carboxylic acid groups (broad SMARTS) is 1. The van der Waals surface area contributed by atoms with Crippen LogP contribution in [0.2, 0.25) is 0 Å². The van der Waals surface area contributed by atoms with Crippen molar-refractivity contribution in [3.8, 4) is 0 Å². The Balaban J connectivity index is 0.000000980. The fourth-order valence-corrected chi connectivity index (χ4v) is 1.32. The van der Waals surface area contributed by atoms with Crippen LogP contribution in [-0.2, 0) is 0 Å². The molecule has 0 spiro atoms. The van der Waals surface area contributed by atoms with Crippen molar-refractivity contribution in [3.05, 3.63) is 48.0 Å². The van der Waals surface area contributed by atoms with E-state index in [1.165, 1.54) is 0 Å². The molecule has 14 heavy (non-hydrogen) atoms. The van der Waals surface area contributed by atoms with Crippen LogP contribution >= 0.6 is 0 Å². The second kappa shape index (κ2) is 4.28. The van der Waals surface area contributed by atoms with Gasteiger partial charge in [-0.05, 0) is 22.9 Å². The summed E-state index contributed by atoms with van der Waals surface area (Å²) in [7, 11) is 0. The van der Waals surface area contributed by atoms with Gasteiger partial charge in [-0.1, -0.05) is 30.3 Å². The number of aromatic carboxylic acids is 1. The second-order valence-corrected chi connectivity index (χ2v) is 2.87. The maximum Gasteiger partial charge on any atom is 0.335 e. The molecule has 3 heteroatoms. The highest BCUT2D eigenvalue weighted by Gasteiger charge is 2.01. The highest BCUT2D eigenvalue weighted by atomic mass is 27.0. The summed E-state index contributed by atoms with van der Waals surface area (Å²) in [6.45, 7) is 0. The van der Waals surface area contributed by atoms with Gasteiger partial charge in [0, 0.05) is 17.4 Å². The Morgan fingerprint density at radius 2 is 1.64 bits per heavy atom. The lowest BCUT2D eigenvalue weighted by Crippen LogP contribution is -1.94. The third-order valence-corrected chi connectivity index (χ3v) is 2.00. The van der Waals surface area contributed by atoms with Crippen LogP contribution in [0.3, 0.4) is 0 Å².